The van der Waals surface area contributed by atoms with Crippen molar-refractivity contribution in [3.8, 4) is 5.69 Å². The van der Waals surface area contributed by atoms with E-state index in [-0.39, 0.29) is 0 Å². The van der Waals surface area contributed by atoms with Crippen LogP contribution in [0.5, 0.6) is 0 Å². The minimum absolute atomic E-state index is 1.05. The second-order valence-corrected chi connectivity index (χ2v) is 8.91. The van der Waals surface area contributed by atoms with Crippen LogP contribution in [0.1, 0.15) is 37.8 Å². The Labute approximate surface area is 197 Å². The van der Waals surface area contributed by atoms with Crippen LogP contribution in [0, 0.1) is 0 Å². The van der Waals surface area contributed by atoms with Gasteiger partial charge in [0, 0.05) is 34.9 Å². The van der Waals surface area contributed by atoms with Crippen molar-refractivity contribution in [2.45, 2.75) is 39.5 Å². The molecule has 0 aliphatic heterocycles. The number of para-hydroxylation sites is 1. The van der Waals surface area contributed by atoms with Gasteiger partial charge in [-0.2, -0.15) is 0 Å². The molecule has 0 N–H and O–H groups in total. The molecule has 0 saturated carbocycles. The van der Waals surface area contributed by atoms with E-state index >= 15 is 0 Å². The van der Waals surface area contributed by atoms with E-state index in [4.69, 9.17) is 0 Å². The maximum atomic E-state index is 2.42. The van der Waals surface area contributed by atoms with E-state index in [1.54, 1.807) is 0 Å². The van der Waals surface area contributed by atoms with Gasteiger partial charge in [0.25, 0.3) is 0 Å². The summed E-state index contributed by atoms with van der Waals surface area (Å²) in [7, 11) is 2.12. The monoisotopic (exact) mass is 432 g/mol. The number of aromatic nitrogens is 1. The molecule has 1 aromatic heterocycles. The predicted molar refractivity (Wildman–Crippen MR) is 143 cm³/mol. The zero-order valence-corrected chi connectivity index (χ0v) is 19.9. The molecule has 0 amide bonds. The van der Waals surface area contributed by atoms with Gasteiger partial charge in [0.2, 0.25) is 0 Å². The molecular formula is C31H32N2. The molecule has 4 aromatic carbocycles. The van der Waals surface area contributed by atoms with Gasteiger partial charge >= 0.3 is 0 Å². The summed E-state index contributed by atoms with van der Waals surface area (Å²) in [5.41, 5.74) is 8.95. The number of anilines is 2. The van der Waals surface area contributed by atoms with Crippen LogP contribution in [0.15, 0.2) is 91.0 Å². The Bertz CT molecular complexity index is 1380. The van der Waals surface area contributed by atoms with Crippen molar-refractivity contribution in [3.63, 3.8) is 0 Å². The molecule has 2 heteroatoms. The zero-order chi connectivity index (χ0) is 22.8. The quantitative estimate of drug-likeness (QED) is 0.250. The fraction of sp³-hybridized carbons (Fsp3) is 0.226. The van der Waals surface area contributed by atoms with Crippen molar-refractivity contribution in [2.24, 2.45) is 0 Å². The smallest absolute Gasteiger partial charge is 0.0541 e. The third-order valence-electron chi connectivity index (χ3n) is 6.76. The van der Waals surface area contributed by atoms with Crippen LogP contribution in [0.2, 0.25) is 0 Å². The summed E-state index contributed by atoms with van der Waals surface area (Å²) in [5, 5.41) is 2.72. The number of aryl methyl sites for hydroxylation is 2. The maximum absolute atomic E-state index is 2.42. The standard InChI is InChI=1S/C31H32N2/c1-4-6-10-24-14-20-31-29(22-24)28-21-23(5-2)13-19-30(28)33(31)27-17-15-26(16-18-27)32(3)25-11-8-7-9-12-25/h7-9,11-22H,4-6,10H2,1-3H3. The molecule has 0 atom stereocenters. The second kappa shape index (κ2) is 9.15. The molecule has 2 nitrogen and oxygen atoms in total. The van der Waals surface area contributed by atoms with Crippen LogP contribution >= 0.6 is 0 Å². The first-order valence-electron chi connectivity index (χ1n) is 12.1. The molecule has 5 aromatic rings. The highest BCUT2D eigenvalue weighted by Crippen LogP contribution is 2.34. The van der Waals surface area contributed by atoms with Gasteiger partial charge in [-0.05, 0) is 91.1 Å². The SMILES string of the molecule is CCCCc1ccc2c(c1)c1cc(CC)ccc1n2-c1ccc(N(C)c2ccccc2)cc1. The Balaban J connectivity index is 1.62. The number of hydrogen-bond donors (Lipinski definition) is 0. The Hall–Kier alpha value is -3.52. The minimum atomic E-state index is 1.05. The molecule has 1 heterocycles. The van der Waals surface area contributed by atoms with Crippen LogP contribution in [0.3, 0.4) is 0 Å². The normalized spacial score (nSPS) is 11.4. The first-order valence-corrected chi connectivity index (χ1v) is 12.1. The Morgan fingerprint density at radius 1 is 0.667 bits per heavy atom. The fourth-order valence-corrected chi connectivity index (χ4v) is 4.78. The molecule has 0 saturated heterocycles. The van der Waals surface area contributed by atoms with Crippen molar-refractivity contribution >= 4 is 33.2 Å². The van der Waals surface area contributed by atoms with Gasteiger partial charge in [-0.25, -0.2) is 0 Å². The number of nitrogens with zero attached hydrogens (tertiary/aromatic N) is 2. The molecule has 0 spiro atoms. The average molecular weight is 433 g/mol. The maximum Gasteiger partial charge on any atom is 0.0541 e. The van der Waals surface area contributed by atoms with Crippen molar-refractivity contribution < 1.29 is 0 Å². The van der Waals surface area contributed by atoms with Crippen LogP contribution in [0.4, 0.5) is 11.4 Å². The first-order chi connectivity index (χ1) is 16.2. The molecule has 0 bridgehead atoms. The van der Waals surface area contributed by atoms with E-state index in [2.05, 4.69) is 121 Å². The van der Waals surface area contributed by atoms with Crippen LogP contribution in [-0.4, -0.2) is 11.6 Å². The van der Waals surface area contributed by atoms with Crippen LogP contribution < -0.4 is 4.90 Å². The molecule has 33 heavy (non-hydrogen) atoms. The molecule has 0 fully saturated rings. The minimum Gasteiger partial charge on any atom is -0.345 e. The molecule has 5 rings (SSSR count). The van der Waals surface area contributed by atoms with Gasteiger partial charge in [-0.3, -0.25) is 0 Å². The highest BCUT2D eigenvalue weighted by atomic mass is 15.1. The molecular weight excluding hydrogens is 400 g/mol. The fourth-order valence-electron chi connectivity index (χ4n) is 4.78. The number of rotatable bonds is 7. The van der Waals surface area contributed by atoms with Gasteiger partial charge in [0.05, 0.1) is 11.0 Å². The van der Waals surface area contributed by atoms with Crippen LogP contribution in [0.25, 0.3) is 27.5 Å². The lowest BCUT2D eigenvalue weighted by molar-refractivity contribution is 0.796. The number of unbranched alkanes of at least 4 members (excludes halogenated alkanes) is 1. The van der Waals surface area contributed by atoms with E-state index < -0.39 is 0 Å². The lowest BCUT2D eigenvalue weighted by Gasteiger charge is -2.20. The lowest BCUT2D eigenvalue weighted by Crippen LogP contribution is -2.09. The van der Waals surface area contributed by atoms with E-state index in [1.807, 2.05) is 0 Å². The Morgan fingerprint density at radius 2 is 1.27 bits per heavy atom. The molecule has 0 aliphatic carbocycles. The number of fused-ring (bicyclic) bond motifs is 3. The summed E-state index contributed by atoms with van der Waals surface area (Å²) in [6.07, 6.45) is 4.66. The summed E-state index contributed by atoms with van der Waals surface area (Å²) in [4.78, 5) is 2.23. The summed E-state index contributed by atoms with van der Waals surface area (Å²) in [6, 6.07) is 33.4. The first kappa shape index (κ1) is 21.3. The van der Waals surface area contributed by atoms with E-state index in [0.29, 0.717) is 0 Å². The van der Waals surface area contributed by atoms with Crippen molar-refractivity contribution in [1.29, 1.82) is 0 Å². The Kier molecular flexibility index (Phi) is 5.92. The van der Waals surface area contributed by atoms with Gasteiger partial charge in [0.15, 0.2) is 0 Å². The highest BCUT2D eigenvalue weighted by molar-refractivity contribution is 6.09. The van der Waals surface area contributed by atoms with E-state index in [1.165, 1.54) is 62.8 Å². The van der Waals surface area contributed by atoms with E-state index in [0.717, 1.165) is 12.8 Å². The largest absolute Gasteiger partial charge is 0.345 e. The molecule has 0 aliphatic rings. The van der Waals surface area contributed by atoms with Crippen LogP contribution in [-0.2, 0) is 12.8 Å². The topological polar surface area (TPSA) is 8.17 Å². The highest BCUT2D eigenvalue weighted by Gasteiger charge is 2.14. The van der Waals surface area contributed by atoms with Gasteiger partial charge in [0.1, 0.15) is 0 Å². The van der Waals surface area contributed by atoms with Crippen molar-refractivity contribution in [2.75, 3.05) is 11.9 Å². The Morgan fingerprint density at radius 3 is 1.91 bits per heavy atom. The van der Waals surface area contributed by atoms with Crippen molar-refractivity contribution in [1.82, 2.24) is 4.57 Å². The number of benzene rings is 4. The molecule has 0 radical (unpaired) electrons. The lowest BCUT2D eigenvalue weighted by atomic mass is 10.0. The van der Waals surface area contributed by atoms with E-state index in [9.17, 15) is 0 Å². The van der Waals surface area contributed by atoms with Crippen molar-refractivity contribution in [3.05, 3.63) is 102 Å². The predicted octanol–water partition coefficient (Wildman–Crippen LogP) is 8.46. The van der Waals surface area contributed by atoms with Gasteiger partial charge in [-0.15, -0.1) is 0 Å². The summed E-state index contributed by atoms with van der Waals surface area (Å²) < 4.78 is 2.42. The second-order valence-electron chi connectivity index (χ2n) is 8.91. The summed E-state index contributed by atoms with van der Waals surface area (Å²) in [6.45, 7) is 4.49. The molecule has 166 valence electrons. The summed E-state index contributed by atoms with van der Waals surface area (Å²) >= 11 is 0. The average Bonchev–Trinajstić information content (AvgIpc) is 3.20. The molecule has 0 unspecified atom stereocenters. The van der Waals surface area contributed by atoms with Gasteiger partial charge < -0.3 is 9.47 Å². The summed E-state index contributed by atoms with van der Waals surface area (Å²) in [5.74, 6) is 0. The third kappa shape index (κ3) is 4.02. The number of hydrogen-bond acceptors (Lipinski definition) is 1. The third-order valence-corrected chi connectivity index (χ3v) is 6.76. The zero-order valence-electron chi connectivity index (χ0n) is 19.9. The van der Waals surface area contributed by atoms with Gasteiger partial charge in [-0.1, -0.05) is 50.6 Å².